The van der Waals surface area contributed by atoms with E-state index in [0.717, 1.165) is 34.7 Å². The predicted molar refractivity (Wildman–Crippen MR) is 103 cm³/mol. The van der Waals surface area contributed by atoms with Crippen LogP contribution < -0.4 is 10.6 Å². The van der Waals surface area contributed by atoms with Crippen LogP contribution in [-0.2, 0) is 0 Å². The normalized spacial score (nSPS) is 17.7. The number of halogens is 1. The molecule has 3 N–H and O–H groups in total. The molecule has 1 atom stereocenters. The van der Waals surface area contributed by atoms with Crippen LogP contribution in [0.5, 0.6) is 0 Å². The summed E-state index contributed by atoms with van der Waals surface area (Å²) in [4.78, 5) is 25.7. The number of rotatable bonds is 4. The lowest BCUT2D eigenvalue weighted by atomic mass is 10.00. The fourth-order valence-electron chi connectivity index (χ4n) is 3.08. The predicted octanol–water partition coefficient (Wildman–Crippen LogP) is 3.18. The van der Waals surface area contributed by atoms with Crippen molar-refractivity contribution in [3.63, 3.8) is 0 Å². The van der Waals surface area contributed by atoms with Gasteiger partial charge in [0.15, 0.2) is 11.5 Å². The number of piperidine rings is 1. The Balaban J connectivity index is 1.56. The van der Waals surface area contributed by atoms with Crippen molar-refractivity contribution < 1.29 is 4.79 Å². The molecular formula is C17H18BrN5OS. The van der Waals surface area contributed by atoms with E-state index in [9.17, 15) is 4.79 Å². The number of hydrogen-bond donors (Lipinski definition) is 3. The molecule has 130 valence electrons. The summed E-state index contributed by atoms with van der Waals surface area (Å²) in [6, 6.07) is 3.74. The summed E-state index contributed by atoms with van der Waals surface area (Å²) in [5, 5.41) is 8.43. The minimum Gasteiger partial charge on any atom is -0.352 e. The molecule has 0 bridgehead atoms. The number of carbonyl (C=O) groups is 1. The van der Waals surface area contributed by atoms with Crippen LogP contribution in [0.1, 0.15) is 23.2 Å². The van der Waals surface area contributed by atoms with Crippen molar-refractivity contribution in [2.24, 2.45) is 5.92 Å². The minimum absolute atomic E-state index is 0.0828. The molecule has 1 amide bonds. The van der Waals surface area contributed by atoms with Gasteiger partial charge in [0.05, 0.1) is 16.0 Å². The third-order valence-corrected chi connectivity index (χ3v) is 6.09. The molecule has 0 radical (unpaired) electrons. The number of imidazole rings is 1. The maximum Gasteiger partial charge on any atom is 0.253 e. The van der Waals surface area contributed by atoms with Crippen LogP contribution in [-0.4, -0.2) is 40.5 Å². The van der Waals surface area contributed by atoms with Crippen molar-refractivity contribution in [2.75, 3.05) is 19.6 Å². The van der Waals surface area contributed by atoms with Crippen molar-refractivity contribution in [1.29, 1.82) is 0 Å². The Kier molecular flexibility index (Phi) is 4.82. The molecule has 1 saturated heterocycles. The zero-order valence-corrected chi connectivity index (χ0v) is 15.9. The fraction of sp³-hybridized carbons (Fsp3) is 0.353. The van der Waals surface area contributed by atoms with Gasteiger partial charge in [-0.15, -0.1) is 11.3 Å². The highest BCUT2D eigenvalue weighted by atomic mass is 79.9. The lowest BCUT2D eigenvalue weighted by molar-refractivity contribution is 0.0946. The van der Waals surface area contributed by atoms with Crippen LogP contribution in [0.25, 0.3) is 21.9 Å². The molecule has 0 aliphatic carbocycles. The van der Waals surface area contributed by atoms with Crippen molar-refractivity contribution in [1.82, 2.24) is 25.6 Å². The molecule has 3 aromatic heterocycles. The number of hydrogen-bond acceptors (Lipinski definition) is 5. The summed E-state index contributed by atoms with van der Waals surface area (Å²) in [6.45, 7) is 2.73. The van der Waals surface area contributed by atoms with E-state index in [-0.39, 0.29) is 5.91 Å². The van der Waals surface area contributed by atoms with Gasteiger partial charge in [0, 0.05) is 22.6 Å². The molecule has 0 saturated carbocycles. The molecule has 25 heavy (non-hydrogen) atoms. The first-order chi connectivity index (χ1) is 12.2. The highest BCUT2D eigenvalue weighted by molar-refractivity contribution is 9.10. The second-order valence-electron chi connectivity index (χ2n) is 6.19. The molecule has 1 aliphatic heterocycles. The van der Waals surface area contributed by atoms with Crippen LogP contribution >= 0.6 is 27.3 Å². The standard InChI is InChI=1S/C17H18BrN5OS/c18-11-6-13(25-9-11)15-22-14-12(3-5-20-16(14)23-15)17(24)21-8-10-2-1-4-19-7-10/h3,5-6,9-10,19H,1-2,4,7-8H2,(H,21,24)(H,20,22,23). The molecular weight excluding hydrogens is 402 g/mol. The molecule has 1 aliphatic rings. The highest BCUT2D eigenvalue weighted by Gasteiger charge is 2.18. The topological polar surface area (TPSA) is 82.7 Å². The van der Waals surface area contributed by atoms with E-state index in [1.807, 2.05) is 11.4 Å². The van der Waals surface area contributed by atoms with Gasteiger partial charge < -0.3 is 15.6 Å². The number of amides is 1. The first-order valence-corrected chi connectivity index (χ1v) is 9.96. The van der Waals surface area contributed by atoms with Crippen LogP contribution in [0, 0.1) is 5.92 Å². The Morgan fingerprint density at radius 3 is 3.16 bits per heavy atom. The first kappa shape index (κ1) is 16.7. The number of fused-ring (bicyclic) bond motifs is 1. The van der Waals surface area contributed by atoms with E-state index in [1.54, 1.807) is 23.6 Å². The number of carbonyl (C=O) groups excluding carboxylic acids is 1. The molecule has 1 unspecified atom stereocenters. The maximum atomic E-state index is 12.6. The number of nitrogens with zero attached hydrogens (tertiary/aromatic N) is 2. The summed E-state index contributed by atoms with van der Waals surface area (Å²) < 4.78 is 1.01. The average molecular weight is 420 g/mol. The van der Waals surface area contributed by atoms with Gasteiger partial charge in [-0.2, -0.15) is 0 Å². The monoisotopic (exact) mass is 419 g/mol. The second-order valence-corrected chi connectivity index (χ2v) is 8.02. The summed E-state index contributed by atoms with van der Waals surface area (Å²) in [6.07, 6.45) is 3.95. The number of aromatic nitrogens is 3. The van der Waals surface area contributed by atoms with E-state index in [1.165, 1.54) is 6.42 Å². The molecule has 3 aromatic rings. The summed E-state index contributed by atoms with van der Waals surface area (Å²) >= 11 is 5.04. The van der Waals surface area contributed by atoms with Crippen molar-refractivity contribution in [3.05, 3.63) is 33.7 Å². The zero-order valence-electron chi connectivity index (χ0n) is 13.5. The molecule has 4 heterocycles. The third kappa shape index (κ3) is 3.61. The molecule has 4 rings (SSSR count). The Morgan fingerprint density at radius 1 is 1.48 bits per heavy atom. The molecule has 8 heteroatoms. The van der Waals surface area contributed by atoms with E-state index >= 15 is 0 Å². The quantitative estimate of drug-likeness (QED) is 0.606. The zero-order chi connectivity index (χ0) is 17.2. The molecule has 6 nitrogen and oxygen atoms in total. The van der Waals surface area contributed by atoms with Gasteiger partial charge in [-0.25, -0.2) is 9.97 Å². The van der Waals surface area contributed by atoms with Gasteiger partial charge in [0.1, 0.15) is 0 Å². The van der Waals surface area contributed by atoms with Crippen LogP contribution in [0.4, 0.5) is 0 Å². The maximum absolute atomic E-state index is 12.6. The van der Waals surface area contributed by atoms with Crippen LogP contribution in [0.3, 0.4) is 0 Å². The largest absolute Gasteiger partial charge is 0.352 e. The van der Waals surface area contributed by atoms with E-state index in [4.69, 9.17) is 0 Å². The lowest BCUT2D eigenvalue weighted by Gasteiger charge is -2.22. The van der Waals surface area contributed by atoms with Crippen molar-refractivity contribution in [2.45, 2.75) is 12.8 Å². The first-order valence-electron chi connectivity index (χ1n) is 8.29. The van der Waals surface area contributed by atoms with E-state index in [0.29, 0.717) is 29.2 Å². The number of thiophene rings is 1. The van der Waals surface area contributed by atoms with Crippen molar-refractivity contribution >= 4 is 44.3 Å². The third-order valence-electron chi connectivity index (χ3n) is 4.39. The van der Waals surface area contributed by atoms with Gasteiger partial charge >= 0.3 is 0 Å². The van der Waals surface area contributed by atoms with Gasteiger partial charge in [-0.1, -0.05) is 0 Å². The molecule has 0 spiro atoms. The van der Waals surface area contributed by atoms with Gasteiger partial charge in [-0.3, -0.25) is 4.79 Å². The van der Waals surface area contributed by atoms with Gasteiger partial charge in [-0.05, 0) is 59.9 Å². The fourth-order valence-corrected chi connectivity index (χ4v) is 4.46. The molecule has 0 aromatic carbocycles. The van der Waals surface area contributed by atoms with Crippen LogP contribution in [0.2, 0.25) is 0 Å². The van der Waals surface area contributed by atoms with E-state index in [2.05, 4.69) is 41.5 Å². The lowest BCUT2D eigenvalue weighted by Crippen LogP contribution is -2.38. The smallest absolute Gasteiger partial charge is 0.253 e. The Labute approximate surface area is 157 Å². The van der Waals surface area contributed by atoms with Gasteiger partial charge in [0.25, 0.3) is 5.91 Å². The van der Waals surface area contributed by atoms with Crippen molar-refractivity contribution in [3.8, 4) is 10.7 Å². The Morgan fingerprint density at radius 2 is 2.40 bits per heavy atom. The number of aromatic amines is 1. The molecule has 1 fully saturated rings. The number of H-pyrrole nitrogens is 1. The number of nitrogens with one attached hydrogen (secondary N) is 3. The van der Waals surface area contributed by atoms with Crippen LogP contribution in [0.15, 0.2) is 28.2 Å². The SMILES string of the molecule is O=C(NCC1CCCNC1)c1ccnc2nc(-c3cc(Br)cs3)[nH]c12. The Hall–Kier alpha value is -1.77. The summed E-state index contributed by atoms with van der Waals surface area (Å²) in [5.41, 5.74) is 1.83. The second kappa shape index (κ2) is 7.23. The van der Waals surface area contributed by atoms with Gasteiger partial charge in [0.2, 0.25) is 0 Å². The average Bonchev–Trinajstić information content (AvgIpc) is 3.26. The highest BCUT2D eigenvalue weighted by Crippen LogP contribution is 2.29. The summed E-state index contributed by atoms with van der Waals surface area (Å²) in [7, 11) is 0. The minimum atomic E-state index is -0.0828. The Bertz CT molecular complexity index is 899. The van der Waals surface area contributed by atoms with E-state index < -0.39 is 0 Å². The number of pyridine rings is 1. The summed E-state index contributed by atoms with van der Waals surface area (Å²) in [5.74, 6) is 1.14.